The molecule has 0 amide bonds. The highest BCUT2D eigenvalue weighted by Gasteiger charge is 2.22. The molecule has 0 aromatic heterocycles. The van der Waals surface area contributed by atoms with E-state index < -0.39 is 0 Å². The van der Waals surface area contributed by atoms with Gasteiger partial charge in [0.15, 0.2) is 0 Å². The lowest BCUT2D eigenvalue weighted by atomic mass is 9.86. The lowest BCUT2D eigenvalue weighted by Crippen LogP contribution is -2.45. The third kappa shape index (κ3) is 3.09. The lowest BCUT2D eigenvalue weighted by molar-refractivity contribution is 0.464. The zero-order valence-electron chi connectivity index (χ0n) is 10.8. The summed E-state index contributed by atoms with van der Waals surface area (Å²) >= 11 is 0. The maximum atomic E-state index is 6.14. The Morgan fingerprint density at radius 3 is 2.61 bits per heavy atom. The molecule has 1 aliphatic carbocycles. The van der Waals surface area contributed by atoms with Crippen LogP contribution in [0.25, 0.3) is 6.08 Å². The van der Waals surface area contributed by atoms with Crippen molar-refractivity contribution in [1.82, 2.24) is 0 Å². The van der Waals surface area contributed by atoms with Gasteiger partial charge in [-0.25, -0.2) is 0 Å². The van der Waals surface area contributed by atoms with Crippen LogP contribution in [0.3, 0.4) is 0 Å². The molecular formula is C16H22N2. The predicted molar refractivity (Wildman–Crippen MR) is 78.1 cm³/mol. The number of benzene rings is 1. The molecule has 96 valence electrons. The van der Waals surface area contributed by atoms with E-state index in [0.717, 1.165) is 25.7 Å². The summed E-state index contributed by atoms with van der Waals surface area (Å²) in [6.07, 6.45) is 8.29. The molecule has 1 aromatic rings. The highest BCUT2D eigenvalue weighted by atomic mass is 14.8. The van der Waals surface area contributed by atoms with Crippen LogP contribution < -0.4 is 11.5 Å². The van der Waals surface area contributed by atoms with Crippen molar-refractivity contribution >= 4 is 6.08 Å². The summed E-state index contributed by atoms with van der Waals surface area (Å²) in [6.45, 7) is 3.75. The molecule has 1 saturated carbocycles. The minimum absolute atomic E-state index is 0.0200. The van der Waals surface area contributed by atoms with Gasteiger partial charge in [-0.05, 0) is 36.8 Å². The summed E-state index contributed by atoms with van der Waals surface area (Å²) in [5, 5.41) is 0. The zero-order valence-corrected chi connectivity index (χ0v) is 10.8. The van der Waals surface area contributed by atoms with Crippen molar-refractivity contribution in [2.75, 3.05) is 0 Å². The van der Waals surface area contributed by atoms with Gasteiger partial charge >= 0.3 is 0 Å². The first-order chi connectivity index (χ1) is 8.70. The second kappa shape index (κ2) is 5.98. The minimum Gasteiger partial charge on any atom is -0.326 e. The number of rotatable bonds is 3. The van der Waals surface area contributed by atoms with E-state index in [1.165, 1.54) is 16.7 Å². The van der Waals surface area contributed by atoms with Gasteiger partial charge in [0.2, 0.25) is 0 Å². The molecule has 0 bridgehead atoms. The Balaban J connectivity index is 2.13. The van der Waals surface area contributed by atoms with Crippen LogP contribution in [0.1, 0.15) is 30.4 Å². The van der Waals surface area contributed by atoms with Gasteiger partial charge in [-0.3, -0.25) is 0 Å². The molecule has 2 heteroatoms. The zero-order chi connectivity index (χ0) is 13.0. The molecule has 0 heterocycles. The Morgan fingerprint density at radius 1 is 1.22 bits per heavy atom. The topological polar surface area (TPSA) is 52.0 Å². The van der Waals surface area contributed by atoms with Crippen LogP contribution in [0, 0.1) is 0 Å². The Bertz CT molecular complexity index is 431. The third-order valence-corrected chi connectivity index (χ3v) is 3.60. The van der Waals surface area contributed by atoms with Crippen molar-refractivity contribution in [2.45, 2.75) is 37.8 Å². The fourth-order valence-electron chi connectivity index (χ4n) is 2.46. The Labute approximate surface area is 109 Å². The van der Waals surface area contributed by atoms with Crippen LogP contribution in [-0.2, 0) is 6.42 Å². The van der Waals surface area contributed by atoms with E-state index in [-0.39, 0.29) is 12.1 Å². The Hall–Kier alpha value is -1.38. The molecule has 1 fully saturated rings. The van der Waals surface area contributed by atoms with E-state index in [0.29, 0.717) is 0 Å². The maximum Gasteiger partial charge on any atom is 0.0411 e. The molecule has 0 saturated heterocycles. The van der Waals surface area contributed by atoms with E-state index in [1.54, 1.807) is 0 Å². The van der Waals surface area contributed by atoms with Crippen molar-refractivity contribution in [2.24, 2.45) is 11.5 Å². The quantitative estimate of drug-likeness (QED) is 0.801. The lowest BCUT2D eigenvalue weighted by Gasteiger charge is -2.28. The molecule has 2 rings (SSSR count). The van der Waals surface area contributed by atoms with Crippen LogP contribution in [0.4, 0.5) is 0 Å². The molecule has 2 atom stereocenters. The van der Waals surface area contributed by atoms with Crippen molar-refractivity contribution < 1.29 is 0 Å². The van der Waals surface area contributed by atoms with Gasteiger partial charge in [0.1, 0.15) is 0 Å². The van der Waals surface area contributed by atoms with Gasteiger partial charge in [-0.1, -0.05) is 42.0 Å². The number of hydrogen-bond acceptors (Lipinski definition) is 2. The van der Waals surface area contributed by atoms with E-state index >= 15 is 0 Å². The van der Waals surface area contributed by atoms with E-state index in [9.17, 15) is 0 Å². The highest BCUT2D eigenvalue weighted by molar-refractivity contribution is 5.55. The molecule has 4 N–H and O–H groups in total. The molecule has 0 radical (unpaired) electrons. The Morgan fingerprint density at radius 2 is 1.94 bits per heavy atom. The number of allylic oxidation sites excluding steroid dienone is 1. The summed E-state index contributed by atoms with van der Waals surface area (Å²) in [5.74, 6) is 0. The Kier molecular flexibility index (Phi) is 4.34. The number of nitrogens with two attached hydrogens (primary N) is 2. The first kappa shape index (κ1) is 13.1. The fraction of sp³-hybridized carbons (Fsp3) is 0.375. The molecule has 0 spiro atoms. The standard InChI is InChI=1S/C16H22N2/c1-2-4-12-7-9-13(10-8-12)11-14-5-3-6-15(17)16(14)18/h2,7-11,15-16H,1,3-6,17-18H2/b14-11-. The van der Waals surface area contributed by atoms with E-state index in [2.05, 4.69) is 36.9 Å². The SMILES string of the molecule is C=CCc1ccc(/C=C2/CCCC(N)C2N)cc1. The second-order valence-corrected chi connectivity index (χ2v) is 5.04. The summed E-state index contributed by atoms with van der Waals surface area (Å²) in [5.41, 5.74) is 15.9. The molecule has 18 heavy (non-hydrogen) atoms. The summed E-state index contributed by atoms with van der Waals surface area (Å²) in [4.78, 5) is 0. The van der Waals surface area contributed by atoms with Gasteiger partial charge in [-0.15, -0.1) is 6.58 Å². The highest BCUT2D eigenvalue weighted by Crippen LogP contribution is 2.24. The first-order valence-electron chi connectivity index (χ1n) is 6.62. The molecule has 0 aliphatic heterocycles. The molecule has 1 aromatic carbocycles. The van der Waals surface area contributed by atoms with Crippen molar-refractivity contribution in [3.8, 4) is 0 Å². The molecule has 1 aliphatic rings. The van der Waals surface area contributed by atoms with Crippen LogP contribution in [0.5, 0.6) is 0 Å². The van der Waals surface area contributed by atoms with Crippen LogP contribution in [-0.4, -0.2) is 12.1 Å². The van der Waals surface area contributed by atoms with E-state index in [4.69, 9.17) is 11.5 Å². The van der Waals surface area contributed by atoms with Crippen molar-refractivity contribution in [1.29, 1.82) is 0 Å². The van der Waals surface area contributed by atoms with Gasteiger partial charge in [0.25, 0.3) is 0 Å². The van der Waals surface area contributed by atoms with Crippen LogP contribution in [0.15, 0.2) is 42.5 Å². The summed E-state index contributed by atoms with van der Waals surface area (Å²) in [7, 11) is 0. The minimum atomic E-state index is 0.0200. The largest absolute Gasteiger partial charge is 0.326 e. The predicted octanol–water partition coefficient (Wildman–Crippen LogP) is 2.64. The van der Waals surface area contributed by atoms with Crippen molar-refractivity contribution in [3.63, 3.8) is 0 Å². The molecule has 2 nitrogen and oxygen atoms in total. The number of hydrogen-bond donors (Lipinski definition) is 2. The summed E-state index contributed by atoms with van der Waals surface area (Å²) in [6, 6.07) is 8.69. The normalized spacial score (nSPS) is 26.2. The van der Waals surface area contributed by atoms with Gasteiger partial charge in [0.05, 0.1) is 0 Å². The average Bonchev–Trinajstić information content (AvgIpc) is 2.38. The smallest absolute Gasteiger partial charge is 0.0411 e. The fourth-order valence-corrected chi connectivity index (χ4v) is 2.46. The van der Waals surface area contributed by atoms with E-state index in [1.807, 2.05) is 6.08 Å². The van der Waals surface area contributed by atoms with Gasteiger partial charge in [0, 0.05) is 12.1 Å². The second-order valence-electron chi connectivity index (χ2n) is 5.04. The first-order valence-corrected chi connectivity index (χ1v) is 6.62. The van der Waals surface area contributed by atoms with Crippen molar-refractivity contribution in [3.05, 3.63) is 53.6 Å². The average molecular weight is 242 g/mol. The van der Waals surface area contributed by atoms with Gasteiger partial charge in [-0.2, -0.15) is 0 Å². The third-order valence-electron chi connectivity index (χ3n) is 3.60. The summed E-state index contributed by atoms with van der Waals surface area (Å²) < 4.78 is 0. The van der Waals surface area contributed by atoms with Crippen LogP contribution >= 0.6 is 0 Å². The monoisotopic (exact) mass is 242 g/mol. The molecule has 2 unspecified atom stereocenters. The molecular weight excluding hydrogens is 220 g/mol. The van der Waals surface area contributed by atoms with Gasteiger partial charge < -0.3 is 11.5 Å². The maximum absolute atomic E-state index is 6.14. The van der Waals surface area contributed by atoms with Crippen LogP contribution in [0.2, 0.25) is 0 Å².